The van der Waals surface area contributed by atoms with E-state index in [-0.39, 0.29) is 5.41 Å². The average molecular weight is 261 g/mol. The van der Waals surface area contributed by atoms with Crippen LogP contribution in [0.5, 0.6) is 0 Å². The van der Waals surface area contributed by atoms with Crippen molar-refractivity contribution in [2.45, 2.75) is 45.1 Å². The highest BCUT2D eigenvalue weighted by molar-refractivity contribution is 5.29. The van der Waals surface area contributed by atoms with Crippen LogP contribution in [0.2, 0.25) is 0 Å². The lowest BCUT2D eigenvalue weighted by molar-refractivity contribution is 0.0546. The lowest BCUT2D eigenvalue weighted by Crippen LogP contribution is -2.30. The molecule has 1 saturated heterocycles. The minimum Gasteiger partial charge on any atom is -0.381 e. The number of ether oxygens (including phenoxy) is 1. The van der Waals surface area contributed by atoms with Gasteiger partial charge in [0.05, 0.1) is 0 Å². The summed E-state index contributed by atoms with van der Waals surface area (Å²) in [6.45, 7) is 8.59. The molecule has 0 bridgehead atoms. The maximum atomic E-state index is 5.47. The molecule has 2 nitrogen and oxygen atoms in total. The van der Waals surface area contributed by atoms with Crippen LogP contribution < -0.4 is 5.32 Å². The van der Waals surface area contributed by atoms with Crippen molar-refractivity contribution < 1.29 is 4.74 Å². The van der Waals surface area contributed by atoms with Crippen LogP contribution in [-0.4, -0.2) is 20.3 Å². The molecule has 1 aliphatic rings. The van der Waals surface area contributed by atoms with Gasteiger partial charge in [0.1, 0.15) is 0 Å². The Labute approximate surface area is 117 Å². The highest BCUT2D eigenvalue weighted by Crippen LogP contribution is 2.31. The second-order valence-electron chi connectivity index (χ2n) is 6.59. The lowest BCUT2D eigenvalue weighted by atomic mass is 9.83. The van der Waals surface area contributed by atoms with Crippen LogP contribution in [-0.2, 0) is 10.2 Å². The predicted octanol–water partition coefficient (Wildman–Crippen LogP) is 3.67. The van der Waals surface area contributed by atoms with Crippen LogP contribution in [0.15, 0.2) is 24.3 Å². The SMILES string of the molecule is CNC(c1ccc(C(C)(C)C)cc1)C1CCOCC1. The number of hydrogen-bond donors (Lipinski definition) is 1. The van der Waals surface area contributed by atoms with Gasteiger partial charge in [-0.2, -0.15) is 0 Å². The van der Waals surface area contributed by atoms with Gasteiger partial charge in [0.15, 0.2) is 0 Å². The van der Waals surface area contributed by atoms with E-state index in [2.05, 4.69) is 57.4 Å². The number of hydrogen-bond acceptors (Lipinski definition) is 2. The van der Waals surface area contributed by atoms with E-state index >= 15 is 0 Å². The fraction of sp³-hybridized carbons (Fsp3) is 0.647. The van der Waals surface area contributed by atoms with E-state index in [1.807, 2.05) is 0 Å². The Morgan fingerprint density at radius 2 is 1.68 bits per heavy atom. The van der Waals surface area contributed by atoms with Gasteiger partial charge >= 0.3 is 0 Å². The molecule has 1 N–H and O–H groups in total. The Balaban J connectivity index is 2.14. The summed E-state index contributed by atoms with van der Waals surface area (Å²) in [7, 11) is 2.07. The van der Waals surface area contributed by atoms with Crippen molar-refractivity contribution in [1.29, 1.82) is 0 Å². The zero-order valence-corrected chi connectivity index (χ0v) is 12.7. The first-order chi connectivity index (χ1) is 9.02. The Bertz CT molecular complexity index is 385. The van der Waals surface area contributed by atoms with Gasteiger partial charge in [0.25, 0.3) is 0 Å². The molecule has 1 fully saturated rings. The first-order valence-corrected chi connectivity index (χ1v) is 7.38. The van der Waals surface area contributed by atoms with E-state index in [0.29, 0.717) is 12.0 Å². The molecular formula is C17H27NO. The fourth-order valence-electron chi connectivity index (χ4n) is 2.91. The Hall–Kier alpha value is -0.860. The summed E-state index contributed by atoms with van der Waals surface area (Å²) in [5.41, 5.74) is 3.03. The predicted molar refractivity (Wildman–Crippen MR) is 80.5 cm³/mol. The quantitative estimate of drug-likeness (QED) is 0.896. The van der Waals surface area contributed by atoms with Crippen LogP contribution in [0.25, 0.3) is 0 Å². The maximum Gasteiger partial charge on any atom is 0.0469 e. The molecule has 19 heavy (non-hydrogen) atoms. The number of rotatable bonds is 3. The Morgan fingerprint density at radius 3 is 2.16 bits per heavy atom. The third kappa shape index (κ3) is 3.58. The molecule has 1 heterocycles. The van der Waals surface area contributed by atoms with Gasteiger partial charge in [-0.05, 0) is 42.3 Å². The van der Waals surface area contributed by atoms with Gasteiger partial charge in [0.2, 0.25) is 0 Å². The van der Waals surface area contributed by atoms with Gasteiger partial charge < -0.3 is 10.1 Å². The standard InChI is InChI=1S/C17H27NO/c1-17(2,3)15-7-5-13(6-8-15)16(18-4)14-9-11-19-12-10-14/h5-8,14,16,18H,9-12H2,1-4H3. The van der Waals surface area contributed by atoms with Gasteiger partial charge in [-0.15, -0.1) is 0 Å². The highest BCUT2D eigenvalue weighted by Gasteiger charge is 2.24. The largest absolute Gasteiger partial charge is 0.381 e. The Kier molecular flexibility index (Phi) is 4.64. The topological polar surface area (TPSA) is 21.3 Å². The van der Waals surface area contributed by atoms with Gasteiger partial charge in [-0.3, -0.25) is 0 Å². The van der Waals surface area contributed by atoms with Crippen LogP contribution in [0, 0.1) is 5.92 Å². The molecule has 0 spiro atoms. The first-order valence-electron chi connectivity index (χ1n) is 7.38. The summed E-state index contributed by atoms with van der Waals surface area (Å²) >= 11 is 0. The zero-order valence-electron chi connectivity index (χ0n) is 12.7. The fourth-order valence-corrected chi connectivity index (χ4v) is 2.91. The molecule has 1 aromatic carbocycles. The molecule has 0 aliphatic carbocycles. The van der Waals surface area contributed by atoms with Crippen molar-refractivity contribution in [2.75, 3.05) is 20.3 Å². The summed E-state index contributed by atoms with van der Waals surface area (Å²) in [6, 6.07) is 9.59. The molecular weight excluding hydrogens is 234 g/mol. The molecule has 0 aromatic heterocycles. The second-order valence-corrected chi connectivity index (χ2v) is 6.59. The third-order valence-corrected chi connectivity index (χ3v) is 4.18. The van der Waals surface area contributed by atoms with Crippen molar-refractivity contribution in [3.8, 4) is 0 Å². The van der Waals surface area contributed by atoms with Crippen molar-refractivity contribution in [2.24, 2.45) is 5.92 Å². The maximum absolute atomic E-state index is 5.47. The molecule has 1 aliphatic heterocycles. The van der Waals surface area contributed by atoms with E-state index in [1.165, 1.54) is 11.1 Å². The molecule has 1 unspecified atom stereocenters. The lowest BCUT2D eigenvalue weighted by Gasteiger charge is -2.31. The molecule has 106 valence electrons. The molecule has 2 heteroatoms. The van der Waals surface area contributed by atoms with Crippen molar-refractivity contribution >= 4 is 0 Å². The molecule has 0 amide bonds. The van der Waals surface area contributed by atoms with E-state index in [4.69, 9.17) is 4.74 Å². The van der Waals surface area contributed by atoms with Crippen LogP contribution in [0.1, 0.15) is 50.8 Å². The summed E-state index contributed by atoms with van der Waals surface area (Å²) in [4.78, 5) is 0. The third-order valence-electron chi connectivity index (χ3n) is 4.18. The number of benzene rings is 1. The molecule has 1 atom stereocenters. The van der Waals surface area contributed by atoms with E-state index in [0.717, 1.165) is 26.1 Å². The minimum atomic E-state index is 0.229. The van der Waals surface area contributed by atoms with E-state index in [1.54, 1.807) is 0 Å². The zero-order chi connectivity index (χ0) is 13.9. The molecule has 2 rings (SSSR count). The summed E-state index contributed by atoms with van der Waals surface area (Å²) in [5, 5.41) is 3.49. The van der Waals surface area contributed by atoms with E-state index < -0.39 is 0 Å². The summed E-state index contributed by atoms with van der Waals surface area (Å²) < 4.78 is 5.47. The van der Waals surface area contributed by atoms with Crippen LogP contribution in [0.4, 0.5) is 0 Å². The first kappa shape index (κ1) is 14.5. The molecule has 0 saturated carbocycles. The van der Waals surface area contributed by atoms with Crippen LogP contribution in [0.3, 0.4) is 0 Å². The van der Waals surface area contributed by atoms with Crippen molar-refractivity contribution in [1.82, 2.24) is 5.32 Å². The molecule has 1 aromatic rings. The van der Waals surface area contributed by atoms with Gasteiger partial charge in [-0.25, -0.2) is 0 Å². The van der Waals surface area contributed by atoms with Crippen molar-refractivity contribution in [3.05, 3.63) is 35.4 Å². The second kappa shape index (κ2) is 6.06. The number of nitrogens with one attached hydrogen (secondary N) is 1. The van der Waals surface area contributed by atoms with Gasteiger partial charge in [-0.1, -0.05) is 45.0 Å². The summed E-state index contributed by atoms with van der Waals surface area (Å²) in [5.74, 6) is 0.694. The highest BCUT2D eigenvalue weighted by atomic mass is 16.5. The minimum absolute atomic E-state index is 0.229. The van der Waals surface area contributed by atoms with Crippen LogP contribution >= 0.6 is 0 Å². The molecule has 0 radical (unpaired) electrons. The summed E-state index contributed by atoms with van der Waals surface area (Å²) in [6.07, 6.45) is 2.32. The van der Waals surface area contributed by atoms with Gasteiger partial charge in [0, 0.05) is 19.3 Å². The Morgan fingerprint density at radius 1 is 1.11 bits per heavy atom. The van der Waals surface area contributed by atoms with Crippen molar-refractivity contribution in [3.63, 3.8) is 0 Å². The average Bonchev–Trinajstić information content (AvgIpc) is 2.40. The van der Waals surface area contributed by atoms with E-state index in [9.17, 15) is 0 Å². The normalized spacial score (nSPS) is 19.4. The monoisotopic (exact) mass is 261 g/mol. The smallest absolute Gasteiger partial charge is 0.0469 e.